The van der Waals surface area contributed by atoms with Gasteiger partial charge >= 0.3 is 6.03 Å². The first-order valence-electron chi connectivity index (χ1n) is 9.13. The van der Waals surface area contributed by atoms with E-state index in [1.54, 1.807) is 11.0 Å². The van der Waals surface area contributed by atoms with Gasteiger partial charge in [-0.3, -0.25) is 4.79 Å². The number of nitrogens with zero attached hydrogens (tertiary/aromatic N) is 1. The third-order valence-electron chi connectivity index (χ3n) is 4.23. The van der Waals surface area contributed by atoms with Crippen molar-refractivity contribution >= 4 is 23.3 Å². The molecule has 0 spiro atoms. The number of benzene rings is 3. The highest BCUT2D eigenvalue weighted by Gasteiger charge is 2.17. The summed E-state index contributed by atoms with van der Waals surface area (Å²) in [7, 11) is 0. The van der Waals surface area contributed by atoms with E-state index in [2.05, 4.69) is 10.6 Å². The van der Waals surface area contributed by atoms with Crippen LogP contribution in [-0.2, 0) is 11.3 Å². The van der Waals surface area contributed by atoms with Crippen molar-refractivity contribution in [1.82, 2.24) is 5.32 Å². The van der Waals surface area contributed by atoms with Crippen LogP contribution in [0.3, 0.4) is 0 Å². The fourth-order valence-electron chi connectivity index (χ4n) is 2.85. The second kappa shape index (κ2) is 9.37. The van der Waals surface area contributed by atoms with E-state index < -0.39 is 6.03 Å². The van der Waals surface area contributed by atoms with Crippen molar-refractivity contribution in [3.8, 4) is 0 Å². The van der Waals surface area contributed by atoms with Crippen LogP contribution in [0.2, 0.25) is 0 Å². The van der Waals surface area contributed by atoms with Crippen molar-refractivity contribution < 1.29 is 9.59 Å². The third-order valence-corrected chi connectivity index (χ3v) is 4.23. The molecule has 2 N–H and O–H groups in total. The average molecular weight is 373 g/mol. The molecule has 0 aliphatic heterocycles. The molecule has 0 aromatic heterocycles. The van der Waals surface area contributed by atoms with E-state index in [0.29, 0.717) is 12.2 Å². The van der Waals surface area contributed by atoms with Gasteiger partial charge in [-0.2, -0.15) is 0 Å². The maximum atomic E-state index is 12.8. The lowest BCUT2D eigenvalue weighted by Crippen LogP contribution is -2.41. The number of urea groups is 1. The zero-order valence-electron chi connectivity index (χ0n) is 15.8. The molecular formula is C23H23N3O2. The summed E-state index contributed by atoms with van der Waals surface area (Å²) in [5, 5.41) is 5.39. The lowest BCUT2D eigenvalue weighted by molar-refractivity contribution is -0.117. The molecule has 3 aromatic rings. The molecule has 0 bridgehead atoms. The molecule has 28 heavy (non-hydrogen) atoms. The zero-order chi connectivity index (χ0) is 19.8. The van der Waals surface area contributed by atoms with Gasteiger partial charge in [0.2, 0.25) is 5.91 Å². The highest BCUT2D eigenvalue weighted by molar-refractivity contribution is 5.98. The first-order valence-corrected chi connectivity index (χ1v) is 9.13. The Labute approximate surface area is 165 Å². The third kappa shape index (κ3) is 5.45. The highest BCUT2D eigenvalue weighted by atomic mass is 16.2. The number of carbonyl (C=O) groups excluding carboxylic acids is 2. The quantitative estimate of drug-likeness (QED) is 0.675. The zero-order valence-corrected chi connectivity index (χ0v) is 15.8. The van der Waals surface area contributed by atoms with Gasteiger partial charge in [0.1, 0.15) is 0 Å². The van der Waals surface area contributed by atoms with E-state index >= 15 is 0 Å². The molecule has 3 rings (SSSR count). The van der Waals surface area contributed by atoms with Gasteiger partial charge in [-0.1, -0.05) is 60.7 Å². The standard InChI is InChI=1S/C23H23N3O2/c1-18-9-8-12-20(15-18)25-23(28)24-16-22(27)26(21-13-6-3-7-14-21)17-19-10-4-2-5-11-19/h2-15H,16-17H2,1H3,(H2,24,25,28). The van der Waals surface area contributed by atoms with Gasteiger partial charge in [0.25, 0.3) is 0 Å². The summed E-state index contributed by atoms with van der Waals surface area (Å²) >= 11 is 0. The summed E-state index contributed by atoms with van der Waals surface area (Å²) in [5.74, 6) is -0.186. The summed E-state index contributed by atoms with van der Waals surface area (Å²) in [6.45, 7) is 2.29. The Hall–Kier alpha value is -3.60. The normalized spacial score (nSPS) is 10.2. The molecule has 3 aromatic carbocycles. The number of hydrogen-bond donors (Lipinski definition) is 2. The Morgan fingerprint density at radius 2 is 1.54 bits per heavy atom. The molecule has 0 fully saturated rings. The Balaban J connectivity index is 1.65. The fourth-order valence-corrected chi connectivity index (χ4v) is 2.85. The van der Waals surface area contributed by atoms with Crippen LogP contribution < -0.4 is 15.5 Å². The number of carbonyl (C=O) groups is 2. The summed E-state index contributed by atoms with van der Waals surface area (Å²) < 4.78 is 0. The average Bonchev–Trinajstić information content (AvgIpc) is 2.72. The van der Waals surface area contributed by atoms with Gasteiger partial charge in [-0.05, 0) is 42.3 Å². The number of aryl methyl sites for hydroxylation is 1. The number of hydrogen-bond acceptors (Lipinski definition) is 2. The molecule has 0 saturated heterocycles. The minimum absolute atomic E-state index is 0.0978. The van der Waals surface area contributed by atoms with Crippen LogP contribution in [0.25, 0.3) is 0 Å². The van der Waals surface area contributed by atoms with E-state index in [-0.39, 0.29) is 12.5 Å². The lowest BCUT2D eigenvalue weighted by Gasteiger charge is -2.23. The van der Waals surface area contributed by atoms with Crippen LogP contribution in [-0.4, -0.2) is 18.5 Å². The summed E-state index contributed by atoms with van der Waals surface area (Å²) in [6.07, 6.45) is 0. The molecule has 0 radical (unpaired) electrons. The summed E-state index contributed by atoms with van der Waals surface area (Å²) in [5.41, 5.74) is 3.54. The molecule has 0 unspecified atom stereocenters. The maximum absolute atomic E-state index is 12.8. The molecule has 0 saturated carbocycles. The van der Waals surface area contributed by atoms with E-state index in [1.807, 2.05) is 85.8 Å². The van der Waals surface area contributed by atoms with E-state index in [9.17, 15) is 9.59 Å². The second-order valence-electron chi connectivity index (χ2n) is 6.48. The Morgan fingerprint density at radius 3 is 2.21 bits per heavy atom. The van der Waals surface area contributed by atoms with Crippen LogP contribution in [0.15, 0.2) is 84.9 Å². The minimum atomic E-state index is -0.410. The fraction of sp³-hybridized carbons (Fsp3) is 0.130. The predicted molar refractivity (Wildman–Crippen MR) is 112 cm³/mol. The number of nitrogens with one attached hydrogen (secondary N) is 2. The van der Waals surface area contributed by atoms with Gasteiger partial charge in [0, 0.05) is 11.4 Å². The molecule has 0 aliphatic carbocycles. The number of para-hydroxylation sites is 1. The maximum Gasteiger partial charge on any atom is 0.319 e. The van der Waals surface area contributed by atoms with Crippen molar-refractivity contribution in [2.75, 3.05) is 16.8 Å². The Bertz CT molecular complexity index is 927. The molecule has 5 nitrogen and oxygen atoms in total. The van der Waals surface area contributed by atoms with E-state index in [4.69, 9.17) is 0 Å². The number of anilines is 2. The molecule has 0 heterocycles. The van der Waals surface area contributed by atoms with E-state index in [1.165, 1.54) is 0 Å². The first kappa shape index (κ1) is 19.2. The molecule has 3 amide bonds. The SMILES string of the molecule is Cc1cccc(NC(=O)NCC(=O)N(Cc2ccccc2)c2ccccc2)c1. The number of amides is 3. The molecule has 142 valence electrons. The lowest BCUT2D eigenvalue weighted by atomic mass is 10.2. The first-order chi connectivity index (χ1) is 13.6. The van der Waals surface area contributed by atoms with Crippen molar-refractivity contribution in [1.29, 1.82) is 0 Å². The van der Waals surface area contributed by atoms with Gasteiger partial charge in [0.15, 0.2) is 0 Å². The highest BCUT2D eigenvalue weighted by Crippen LogP contribution is 2.17. The smallest absolute Gasteiger partial charge is 0.319 e. The monoisotopic (exact) mass is 373 g/mol. The topological polar surface area (TPSA) is 61.4 Å². The van der Waals surface area contributed by atoms with Crippen LogP contribution >= 0.6 is 0 Å². The predicted octanol–water partition coefficient (Wildman–Crippen LogP) is 4.35. The van der Waals surface area contributed by atoms with E-state index in [0.717, 1.165) is 16.8 Å². The molecule has 5 heteroatoms. The summed E-state index contributed by atoms with van der Waals surface area (Å²) in [6, 6.07) is 26.3. The van der Waals surface area contributed by atoms with Gasteiger partial charge in [0.05, 0.1) is 13.1 Å². The summed E-state index contributed by atoms with van der Waals surface area (Å²) in [4.78, 5) is 26.7. The van der Waals surface area contributed by atoms with Crippen molar-refractivity contribution in [3.05, 3.63) is 96.1 Å². The van der Waals surface area contributed by atoms with Crippen LogP contribution in [0.4, 0.5) is 16.2 Å². The minimum Gasteiger partial charge on any atom is -0.329 e. The van der Waals surface area contributed by atoms with Gasteiger partial charge < -0.3 is 15.5 Å². The molecule has 0 atom stereocenters. The van der Waals surface area contributed by atoms with Gasteiger partial charge in [-0.15, -0.1) is 0 Å². The van der Waals surface area contributed by atoms with Crippen LogP contribution in [0, 0.1) is 6.92 Å². The molecule has 0 aliphatic rings. The van der Waals surface area contributed by atoms with Gasteiger partial charge in [-0.25, -0.2) is 4.79 Å². The van der Waals surface area contributed by atoms with Crippen molar-refractivity contribution in [3.63, 3.8) is 0 Å². The Kier molecular flexibility index (Phi) is 6.41. The van der Waals surface area contributed by atoms with Crippen LogP contribution in [0.5, 0.6) is 0 Å². The van der Waals surface area contributed by atoms with Crippen molar-refractivity contribution in [2.24, 2.45) is 0 Å². The number of rotatable bonds is 6. The van der Waals surface area contributed by atoms with Crippen molar-refractivity contribution in [2.45, 2.75) is 13.5 Å². The Morgan fingerprint density at radius 1 is 0.857 bits per heavy atom. The molecular weight excluding hydrogens is 350 g/mol. The van der Waals surface area contributed by atoms with Crippen LogP contribution in [0.1, 0.15) is 11.1 Å². The largest absolute Gasteiger partial charge is 0.329 e. The second-order valence-corrected chi connectivity index (χ2v) is 6.48.